The van der Waals surface area contributed by atoms with Gasteiger partial charge in [-0.15, -0.1) is 0 Å². The normalized spacial score (nSPS) is 17.6. The zero-order valence-corrected chi connectivity index (χ0v) is 20.0. The molecule has 0 aromatic carbocycles. The molecule has 0 radical (unpaired) electrons. The van der Waals surface area contributed by atoms with Crippen molar-refractivity contribution in [2.24, 2.45) is 0 Å². The first kappa shape index (κ1) is 23.7. The Morgan fingerprint density at radius 2 is 1.79 bits per heavy atom. The van der Waals surface area contributed by atoms with Crippen LogP contribution in [-0.4, -0.2) is 95.3 Å². The van der Waals surface area contributed by atoms with Crippen molar-refractivity contribution in [3.05, 3.63) is 47.8 Å². The number of hydrogen-bond donors (Lipinski definition) is 1. The van der Waals surface area contributed by atoms with Crippen LogP contribution in [0.3, 0.4) is 0 Å². The van der Waals surface area contributed by atoms with Gasteiger partial charge in [-0.05, 0) is 45.4 Å². The molecule has 2 aromatic heterocycles. The average Bonchev–Trinajstić information content (AvgIpc) is 3.32. The van der Waals surface area contributed by atoms with Crippen LogP contribution in [0.15, 0.2) is 30.7 Å². The molecule has 1 atom stereocenters. The molecule has 0 unspecified atom stereocenters. The summed E-state index contributed by atoms with van der Waals surface area (Å²) < 4.78 is 1.61. The fourth-order valence-corrected chi connectivity index (χ4v) is 4.71. The molecule has 0 saturated carbocycles. The maximum Gasteiger partial charge on any atom is 0.408 e. The van der Waals surface area contributed by atoms with E-state index in [1.165, 1.54) is 4.90 Å². The van der Waals surface area contributed by atoms with Gasteiger partial charge >= 0.3 is 12.1 Å². The second-order valence-electron chi connectivity index (χ2n) is 9.65. The maximum atomic E-state index is 13.7. The molecule has 2 aliphatic heterocycles. The highest BCUT2D eigenvalue weighted by molar-refractivity contribution is 5.86. The van der Waals surface area contributed by atoms with Crippen LogP contribution < -0.4 is 0 Å². The largest absolute Gasteiger partial charge is 0.465 e. The van der Waals surface area contributed by atoms with Crippen LogP contribution in [0.2, 0.25) is 0 Å². The first-order valence-corrected chi connectivity index (χ1v) is 11.4. The molecule has 2 aromatic rings. The lowest BCUT2D eigenvalue weighted by Crippen LogP contribution is -2.61. The predicted octanol–water partition coefficient (Wildman–Crippen LogP) is 1.82. The molecular weight excluding hydrogens is 438 g/mol. The number of piperazine rings is 1. The summed E-state index contributed by atoms with van der Waals surface area (Å²) in [7, 11) is 0. The van der Waals surface area contributed by atoms with Crippen LogP contribution in [0, 0.1) is 6.92 Å². The zero-order chi connectivity index (χ0) is 24.6. The number of imidazole rings is 1. The van der Waals surface area contributed by atoms with Gasteiger partial charge in [0.15, 0.2) is 0 Å². The number of aromatic nitrogens is 3. The van der Waals surface area contributed by atoms with Gasteiger partial charge < -0.3 is 10.0 Å². The number of rotatable bonds is 5. The van der Waals surface area contributed by atoms with Crippen LogP contribution in [-0.2, 0) is 17.8 Å². The van der Waals surface area contributed by atoms with Gasteiger partial charge in [0.05, 0.1) is 18.4 Å². The Morgan fingerprint density at radius 3 is 2.35 bits per heavy atom. The number of carboxylic acid groups (broad SMARTS) is 1. The Hall–Kier alpha value is -3.47. The van der Waals surface area contributed by atoms with Crippen molar-refractivity contribution in [2.75, 3.05) is 26.2 Å². The molecule has 3 amide bonds. The zero-order valence-electron chi connectivity index (χ0n) is 20.0. The van der Waals surface area contributed by atoms with Crippen molar-refractivity contribution in [1.82, 2.24) is 34.4 Å². The third-order valence-electron chi connectivity index (χ3n) is 6.35. The van der Waals surface area contributed by atoms with Crippen LogP contribution in [0.5, 0.6) is 0 Å². The number of nitrogens with zero attached hydrogens (tertiary/aromatic N) is 7. The van der Waals surface area contributed by atoms with Crippen molar-refractivity contribution in [2.45, 2.75) is 52.2 Å². The van der Waals surface area contributed by atoms with Crippen LogP contribution in [0.1, 0.15) is 37.9 Å². The SMILES string of the molecule is Cc1ncc2n1C(=O)N(N1CCN(C(=O)[C@@H](Cc3ccncc3)N(C(=O)O)C(C)(C)C)CC1)C2. The minimum absolute atomic E-state index is 0.134. The summed E-state index contributed by atoms with van der Waals surface area (Å²) >= 11 is 0. The number of carbonyl (C=O) groups excluding carboxylic acids is 2. The standard InChI is InChI=1S/C23H31N7O4/c1-16-25-14-18-15-28(21(32)29(16)18)27-11-9-26(10-12-27)20(31)19(13-17-5-7-24-8-6-17)30(22(33)34)23(2,3)4/h5-8,14,19H,9-13,15H2,1-4H3,(H,33,34)/t19-/m1/s1. The van der Waals surface area contributed by atoms with Gasteiger partial charge in [-0.2, -0.15) is 0 Å². The maximum absolute atomic E-state index is 13.7. The molecule has 11 heteroatoms. The van der Waals surface area contributed by atoms with Gasteiger partial charge in [0.2, 0.25) is 5.91 Å². The summed E-state index contributed by atoms with van der Waals surface area (Å²) in [5.41, 5.74) is 0.930. The fraction of sp³-hybridized carbons (Fsp3) is 0.522. The first-order chi connectivity index (χ1) is 16.1. The fourth-order valence-electron chi connectivity index (χ4n) is 4.71. The Kier molecular flexibility index (Phi) is 6.30. The van der Waals surface area contributed by atoms with E-state index in [1.54, 1.807) is 72.9 Å². The van der Waals surface area contributed by atoms with E-state index in [0.717, 1.165) is 11.3 Å². The van der Waals surface area contributed by atoms with Crippen LogP contribution >= 0.6 is 0 Å². The first-order valence-electron chi connectivity index (χ1n) is 11.4. The van der Waals surface area contributed by atoms with Crippen molar-refractivity contribution in [3.8, 4) is 0 Å². The predicted molar refractivity (Wildman–Crippen MR) is 123 cm³/mol. The highest BCUT2D eigenvalue weighted by atomic mass is 16.4. The smallest absolute Gasteiger partial charge is 0.408 e. The monoisotopic (exact) mass is 469 g/mol. The van der Waals surface area contributed by atoms with E-state index < -0.39 is 17.7 Å². The van der Waals surface area contributed by atoms with E-state index >= 15 is 0 Å². The van der Waals surface area contributed by atoms with Crippen LogP contribution in [0.25, 0.3) is 0 Å². The van der Waals surface area contributed by atoms with Gasteiger partial charge in [0, 0.05) is 50.5 Å². The van der Waals surface area contributed by atoms with E-state index in [1.807, 2.05) is 5.01 Å². The Balaban J connectivity index is 1.48. The lowest BCUT2D eigenvalue weighted by atomic mass is 9.97. The van der Waals surface area contributed by atoms with E-state index in [4.69, 9.17) is 0 Å². The van der Waals surface area contributed by atoms with Gasteiger partial charge in [0.1, 0.15) is 11.9 Å². The third-order valence-corrected chi connectivity index (χ3v) is 6.35. The molecule has 11 nitrogen and oxygen atoms in total. The van der Waals surface area contributed by atoms with Crippen LogP contribution in [0.4, 0.5) is 9.59 Å². The molecule has 0 spiro atoms. The number of fused-ring (bicyclic) bond motifs is 1. The number of hydrogen-bond acceptors (Lipinski definition) is 6. The molecule has 2 aliphatic rings. The molecule has 4 rings (SSSR count). The second-order valence-corrected chi connectivity index (χ2v) is 9.65. The third kappa shape index (κ3) is 4.47. The van der Waals surface area contributed by atoms with Crippen molar-refractivity contribution in [3.63, 3.8) is 0 Å². The molecule has 1 saturated heterocycles. The summed E-state index contributed by atoms with van der Waals surface area (Å²) in [5.74, 6) is 0.430. The molecule has 4 heterocycles. The summed E-state index contributed by atoms with van der Waals surface area (Å²) in [6.45, 7) is 9.39. The summed E-state index contributed by atoms with van der Waals surface area (Å²) in [5, 5.41) is 13.6. The lowest BCUT2D eigenvalue weighted by Gasteiger charge is -2.43. The topological polar surface area (TPSA) is 115 Å². The molecule has 1 fully saturated rings. The Labute approximate surface area is 198 Å². The molecule has 1 N–H and O–H groups in total. The van der Waals surface area contributed by atoms with E-state index in [0.29, 0.717) is 38.5 Å². The van der Waals surface area contributed by atoms with E-state index in [2.05, 4.69) is 9.97 Å². The highest BCUT2D eigenvalue weighted by Crippen LogP contribution is 2.24. The molecule has 0 aliphatic carbocycles. The van der Waals surface area contributed by atoms with E-state index in [-0.39, 0.29) is 18.4 Å². The van der Waals surface area contributed by atoms with Gasteiger partial charge in [0.25, 0.3) is 0 Å². The average molecular weight is 470 g/mol. The number of hydrazine groups is 1. The van der Waals surface area contributed by atoms with Gasteiger partial charge in [-0.25, -0.2) is 24.1 Å². The highest BCUT2D eigenvalue weighted by Gasteiger charge is 2.41. The minimum Gasteiger partial charge on any atom is -0.465 e. The second kappa shape index (κ2) is 9.05. The van der Waals surface area contributed by atoms with Crippen molar-refractivity contribution < 1.29 is 19.5 Å². The van der Waals surface area contributed by atoms with E-state index in [9.17, 15) is 19.5 Å². The number of amides is 3. The molecule has 0 bridgehead atoms. The molecular formula is C23H31N7O4. The summed E-state index contributed by atoms with van der Waals surface area (Å²) in [6, 6.07) is 2.59. The van der Waals surface area contributed by atoms with Gasteiger partial charge in [-0.1, -0.05) is 0 Å². The number of aryl methyl sites for hydroxylation is 1. The molecule has 182 valence electrons. The molecule has 34 heavy (non-hydrogen) atoms. The van der Waals surface area contributed by atoms with Gasteiger partial charge in [-0.3, -0.25) is 19.7 Å². The number of carbonyl (C=O) groups is 3. The van der Waals surface area contributed by atoms with Crippen molar-refractivity contribution in [1.29, 1.82) is 0 Å². The Morgan fingerprint density at radius 1 is 1.15 bits per heavy atom. The minimum atomic E-state index is -1.13. The van der Waals surface area contributed by atoms with Crippen molar-refractivity contribution >= 4 is 18.0 Å². The summed E-state index contributed by atoms with van der Waals surface area (Å²) in [4.78, 5) is 49.9. The lowest BCUT2D eigenvalue weighted by molar-refractivity contribution is -0.142. The quantitative estimate of drug-likeness (QED) is 0.710. The Bertz CT molecular complexity index is 1070. The number of pyridine rings is 1. The summed E-state index contributed by atoms with van der Waals surface area (Å²) in [6.07, 6.45) is 4.12.